The molecule has 10 heteroatoms. The lowest BCUT2D eigenvalue weighted by Crippen LogP contribution is -1.90. The Morgan fingerprint density at radius 1 is 0.909 bits per heavy atom. The molecular weight excluding hydrogens is 315 g/mol. The lowest BCUT2D eigenvalue weighted by molar-refractivity contribution is 0.154. The number of rotatable bonds is 10. The van der Waals surface area contributed by atoms with E-state index in [9.17, 15) is 4.57 Å². The van der Waals surface area contributed by atoms with Gasteiger partial charge in [0.05, 0.1) is 0 Å². The van der Waals surface area contributed by atoms with Gasteiger partial charge < -0.3 is 18.5 Å². The summed E-state index contributed by atoms with van der Waals surface area (Å²) < 4.78 is 41.4. The average Bonchev–Trinajstić information content (AvgIpc) is 3.13. The Bertz CT molecular complexity index is 548. The summed E-state index contributed by atoms with van der Waals surface area (Å²) in [5.74, 6) is 1.12. The zero-order valence-electron chi connectivity index (χ0n) is 12.2. The minimum atomic E-state index is -2.30. The van der Waals surface area contributed by atoms with Gasteiger partial charge in [0.2, 0.25) is 0 Å². The summed E-state index contributed by atoms with van der Waals surface area (Å²) in [4.78, 5) is 0. The highest BCUT2D eigenvalue weighted by molar-refractivity contribution is 7.33. The second-order valence-corrected chi connectivity index (χ2v) is 5.17. The standard InChI is InChI=1S/C12H16N2O7P/c1-16-7-11-3-9(13-20-11)5-18-22(15)19-6-10-4-12(8-17-2)21-14-10/h3-4H,5-8H2,1-2H3/q+1. The Balaban J connectivity index is 1.70. The maximum absolute atomic E-state index is 11.6. The van der Waals surface area contributed by atoms with Gasteiger partial charge >= 0.3 is 8.25 Å². The van der Waals surface area contributed by atoms with Gasteiger partial charge in [0.25, 0.3) is 0 Å². The highest BCUT2D eigenvalue weighted by Gasteiger charge is 2.23. The zero-order valence-corrected chi connectivity index (χ0v) is 13.1. The van der Waals surface area contributed by atoms with E-state index in [0.717, 1.165) is 0 Å². The molecule has 0 amide bonds. The van der Waals surface area contributed by atoms with Crippen LogP contribution in [-0.4, -0.2) is 24.5 Å². The molecule has 9 nitrogen and oxygen atoms in total. The van der Waals surface area contributed by atoms with Gasteiger partial charge in [-0.25, -0.2) is 0 Å². The van der Waals surface area contributed by atoms with Crippen molar-refractivity contribution in [2.75, 3.05) is 14.2 Å². The van der Waals surface area contributed by atoms with Crippen LogP contribution in [0.3, 0.4) is 0 Å². The molecule has 120 valence electrons. The zero-order chi connectivity index (χ0) is 15.8. The summed E-state index contributed by atoms with van der Waals surface area (Å²) in [5, 5.41) is 7.49. The molecule has 2 aromatic heterocycles. The largest absolute Gasteiger partial charge is 0.698 e. The third-order valence-corrected chi connectivity index (χ3v) is 3.10. The molecule has 0 N–H and O–H groups in total. The maximum atomic E-state index is 11.6. The number of methoxy groups -OCH3 is 2. The predicted octanol–water partition coefficient (Wildman–Crippen LogP) is 2.35. The van der Waals surface area contributed by atoms with E-state index in [0.29, 0.717) is 36.1 Å². The maximum Gasteiger partial charge on any atom is 0.698 e. The second-order valence-electron chi connectivity index (χ2n) is 4.21. The lowest BCUT2D eigenvalue weighted by Gasteiger charge is -1.88. The Kier molecular flexibility index (Phi) is 6.63. The van der Waals surface area contributed by atoms with E-state index in [1.165, 1.54) is 0 Å². The van der Waals surface area contributed by atoms with Crippen LogP contribution in [-0.2, 0) is 49.5 Å². The first-order valence-corrected chi connectivity index (χ1v) is 7.40. The van der Waals surface area contributed by atoms with E-state index in [2.05, 4.69) is 10.3 Å². The van der Waals surface area contributed by atoms with Crippen molar-refractivity contribution in [1.82, 2.24) is 10.3 Å². The van der Waals surface area contributed by atoms with E-state index < -0.39 is 8.25 Å². The summed E-state index contributed by atoms with van der Waals surface area (Å²) in [5.41, 5.74) is 1.01. The minimum absolute atomic E-state index is 0.0101. The summed E-state index contributed by atoms with van der Waals surface area (Å²) in [6.07, 6.45) is 0. The Hall–Kier alpha value is -1.64. The first-order chi connectivity index (χ1) is 10.7. The molecule has 0 aliphatic rings. The Labute approximate surface area is 127 Å². The van der Waals surface area contributed by atoms with Crippen LogP contribution in [0.5, 0.6) is 0 Å². The Morgan fingerprint density at radius 3 is 1.77 bits per heavy atom. The van der Waals surface area contributed by atoms with Crippen LogP contribution >= 0.6 is 8.25 Å². The van der Waals surface area contributed by atoms with E-state index >= 15 is 0 Å². The molecule has 0 radical (unpaired) electrons. The molecule has 0 aliphatic carbocycles. The predicted molar refractivity (Wildman–Crippen MR) is 71.6 cm³/mol. The van der Waals surface area contributed by atoms with Crippen molar-refractivity contribution in [2.45, 2.75) is 26.4 Å². The highest BCUT2D eigenvalue weighted by atomic mass is 31.1. The smallest absolute Gasteiger partial charge is 0.377 e. The van der Waals surface area contributed by atoms with Crippen molar-refractivity contribution in [1.29, 1.82) is 0 Å². The van der Waals surface area contributed by atoms with E-state index in [1.807, 2.05) is 0 Å². The highest BCUT2D eigenvalue weighted by Crippen LogP contribution is 2.27. The van der Waals surface area contributed by atoms with Crippen LogP contribution in [0, 0.1) is 0 Å². The third-order valence-electron chi connectivity index (χ3n) is 2.42. The number of nitrogens with zero attached hydrogens (tertiary/aromatic N) is 2. The Morgan fingerprint density at radius 2 is 1.36 bits per heavy atom. The third kappa shape index (κ3) is 5.28. The van der Waals surface area contributed by atoms with Gasteiger partial charge in [0.15, 0.2) is 24.7 Å². The van der Waals surface area contributed by atoms with Crippen molar-refractivity contribution in [3.8, 4) is 0 Å². The van der Waals surface area contributed by atoms with Crippen LogP contribution in [0.15, 0.2) is 21.2 Å². The molecule has 0 fully saturated rings. The summed E-state index contributed by atoms with van der Waals surface area (Å²) in [7, 11) is 0.793. The van der Waals surface area contributed by atoms with Gasteiger partial charge in [-0.2, -0.15) is 0 Å². The molecule has 2 heterocycles. The van der Waals surface area contributed by atoms with Gasteiger partial charge in [-0.3, -0.25) is 0 Å². The van der Waals surface area contributed by atoms with Crippen LogP contribution in [0.4, 0.5) is 0 Å². The second kappa shape index (κ2) is 8.72. The fourth-order valence-electron chi connectivity index (χ4n) is 1.54. The van der Waals surface area contributed by atoms with Crippen molar-refractivity contribution < 1.29 is 32.1 Å². The first kappa shape index (κ1) is 16.7. The molecule has 0 atom stereocenters. The van der Waals surface area contributed by atoms with Crippen LogP contribution in [0.1, 0.15) is 22.9 Å². The molecule has 0 aliphatic heterocycles. The number of hydrogen-bond donors (Lipinski definition) is 0. The quantitative estimate of drug-likeness (QED) is 0.606. The number of hydrogen-bond acceptors (Lipinski definition) is 9. The van der Waals surface area contributed by atoms with Crippen molar-refractivity contribution in [2.24, 2.45) is 0 Å². The summed E-state index contributed by atoms with van der Waals surface area (Å²) in [6, 6.07) is 3.31. The normalized spacial score (nSPS) is 11.0. The van der Waals surface area contributed by atoms with E-state index in [1.54, 1.807) is 26.4 Å². The number of aromatic nitrogens is 2. The molecule has 22 heavy (non-hydrogen) atoms. The fraction of sp³-hybridized carbons (Fsp3) is 0.500. The molecule has 0 aromatic carbocycles. The van der Waals surface area contributed by atoms with Gasteiger partial charge in [-0.1, -0.05) is 10.3 Å². The fourth-order valence-corrected chi connectivity index (χ4v) is 2.09. The van der Waals surface area contributed by atoms with E-state index in [-0.39, 0.29) is 13.2 Å². The molecule has 0 unspecified atom stereocenters. The summed E-state index contributed by atoms with van der Waals surface area (Å²) >= 11 is 0. The minimum Gasteiger partial charge on any atom is -0.377 e. The van der Waals surface area contributed by atoms with Crippen molar-refractivity contribution >= 4 is 8.25 Å². The monoisotopic (exact) mass is 331 g/mol. The van der Waals surface area contributed by atoms with Crippen LogP contribution in [0.25, 0.3) is 0 Å². The van der Waals surface area contributed by atoms with Crippen molar-refractivity contribution in [3.63, 3.8) is 0 Å². The number of ether oxygens (including phenoxy) is 2. The molecular formula is C12H16N2O7P+. The molecule has 0 saturated carbocycles. The van der Waals surface area contributed by atoms with Crippen LogP contribution in [0.2, 0.25) is 0 Å². The van der Waals surface area contributed by atoms with Gasteiger partial charge in [-0.05, 0) is 0 Å². The van der Waals surface area contributed by atoms with Crippen LogP contribution < -0.4 is 0 Å². The first-order valence-electron chi connectivity index (χ1n) is 6.31. The molecule has 2 aromatic rings. The molecule has 2 rings (SSSR count). The molecule has 0 spiro atoms. The molecule has 0 bridgehead atoms. The van der Waals surface area contributed by atoms with Gasteiger partial charge in [0, 0.05) is 30.9 Å². The SMILES string of the molecule is COCc1cc(CO[P+](=O)OCc2cc(COC)on2)no1. The van der Waals surface area contributed by atoms with E-state index in [4.69, 9.17) is 27.6 Å². The molecule has 0 saturated heterocycles. The van der Waals surface area contributed by atoms with Gasteiger partial charge in [0.1, 0.15) is 24.6 Å². The van der Waals surface area contributed by atoms with Gasteiger partial charge in [-0.15, -0.1) is 9.05 Å². The lowest BCUT2D eigenvalue weighted by atomic mass is 10.4. The average molecular weight is 331 g/mol. The summed E-state index contributed by atoms with van der Waals surface area (Å²) in [6.45, 7) is 0.642. The van der Waals surface area contributed by atoms with Crippen molar-refractivity contribution in [3.05, 3.63) is 35.0 Å². The topological polar surface area (TPSA) is 106 Å².